The Hall–Kier alpha value is -3.55. The Balaban J connectivity index is 1.49. The monoisotopic (exact) mass is 505 g/mol. The van der Waals surface area contributed by atoms with E-state index in [9.17, 15) is 9.59 Å². The van der Waals surface area contributed by atoms with Gasteiger partial charge in [0.15, 0.2) is 0 Å². The smallest absolute Gasteiger partial charge is 0.335 e. The summed E-state index contributed by atoms with van der Waals surface area (Å²) in [5.74, 6) is 0. The van der Waals surface area contributed by atoms with Gasteiger partial charge in [-0.3, -0.25) is 9.36 Å². The summed E-state index contributed by atoms with van der Waals surface area (Å²) in [4.78, 5) is 26.1. The summed E-state index contributed by atoms with van der Waals surface area (Å²) in [5.41, 5.74) is 1.46. The number of ether oxygens (including phenoxy) is 4. The number of rotatable bonds is 12. The molecule has 0 amide bonds. The minimum atomic E-state index is -0.641. The number of aryl methyl sites for hydroxylation is 1. The Kier molecular flexibility index (Phi) is 9.40. The van der Waals surface area contributed by atoms with Gasteiger partial charge in [-0.15, -0.1) is 0 Å². The highest BCUT2D eigenvalue weighted by Gasteiger charge is 2.38. The van der Waals surface area contributed by atoms with E-state index in [2.05, 4.69) is 6.07 Å². The molecule has 194 valence electrons. The van der Waals surface area contributed by atoms with Crippen LogP contribution in [-0.4, -0.2) is 34.6 Å². The van der Waals surface area contributed by atoms with Crippen LogP contribution in [0.3, 0.4) is 0 Å². The van der Waals surface area contributed by atoms with Gasteiger partial charge in [-0.05, 0) is 18.1 Å². The van der Waals surface area contributed by atoms with E-state index in [1.165, 1.54) is 10.8 Å². The number of aromatic nitrogens is 2. The molecule has 1 saturated heterocycles. The van der Waals surface area contributed by atoms with Crippen LogP contribution in [0.1, 0.15) is 35.8 Å². The Morgan fingerprint density at radius 2 is 1.68 bits per heavy atom. The fourth-order valence-electron chi connectivity index (χ4n) is 4.20. The molecule has 3 atom stereocenters. The summed E-state index contributed by atoms with van der Waals surface area (Å²) in [5, 5.41) is 8.78. The van der Waals surface area contributed by atoms with Crippen LogP contribution in [0.5, 0.6) is 0 Å². The molecule has 3 aromatic rings. The van der Waals surface area contributed by atoms with Crippen molar-refractivity contribution in [3.05, 3.63) is 104 Å². The lowest BCUT2D eigenvalue weighted by Gasteiger charge is -2.19. The van der Waals surface area contributed by atoms with Gasteiger partial charge in [0, 0.05) is 18.2 Å². The van der Waals surface area contributed by atoms with Crippen molar-refractivity contribution in [3.8, 4) is 6.07 Å². The Labute approximate surface area is 215 Å². The first-order valence-corrected chi connectivity index (χ1v) is 12.3. The average molecular weight is 506 g/mol. The van der Waals surface area contributed by atoms with E-state index in [0.717, 1.165) is 15.7 Å². The zero-order chi connectivity index (χ0) is 26.0. The quantitative estimate of drug-likeness (QED) is 0.348. The van der Waals surface area contributed by atoms with Crippen LogP contribution in [0.15, 0.2) is 76.4 Å². The van der Waals surface area contributed by atoms with Crippen LogP contribution in [0.4, 0.5) is 0 Å². The standard InChI is InChI=1S/C28H31N3O6/c1-21-16-30(28(33)31(27(21)32)20-35-17-22-9-4-2-5-10-22)26-15-24(25(37-26)19-34-14-8-13-29)36-18-23-11-6-3-7-12-23/h2-7,9-12,16,24-26H,8,14-15,17-20H2,1H3/t24-,25+,26+/m0/s1. The molecule has 1 fully saturated rings. The Morgan fingerprint density at radius 3 is 2.35 bits per heavy atom. The van der Waals surface area contributed by atoms with E-state index in [4.69, 9.17) is 24.2 Å². The van der Waals surface area contributed by atoms with Gasteiger partial charge in [0.05, 0.1) is 45.0 Å². The average Bonchev–Trinajstić information content (AvgIpc) is 3.33. The second kappa shape index (κ2) is 13.1. The first-order chi connectivity index (χ1) is 18.1. The van der Waals surface area contributed by atoms with Crippen molar-refractivity contribution >= 4 is 0 Å². The van der Waals surface area contributed by atoms with Crippen LogP contribution in [0.25, 0.3) is 0 Å². The van der Waals surface area contributed by atoms with E-state index in [1.54, 1.807) is 6.92 Å². The SMILES string of the molecule is Cc1cn([C@H]2C[C@H](OCc3ccccc3)[C@@H](COCCC#N)O2)c(=O)n(COCc2ccccc2)c1=O. The summed E-state index contributed by atoms with van der Waals surface area (Å²) in [6.45, 7) is 2.66. The summed E-state index contributed by atoms with van der Waals surface area (Å²) >= 11 is 0. The predicted octanol–water partition coefficient (Wildman–Crippen LogP) is 3.30. The van der Waals surface area contributed by atoms with Gasteiger partial charge in [-0.1, -0.05) is 60.7 Å². The maximum atomic E-state index is 13.3. The van der Waals surface area contributed by atoms with Gasteiger partial charge in [0.25, 0.3) is 5.56 Å². The largest absolute Gasteiger partial charge is 0.378 e. The van der Waals surface area contributed by atoms with Crippen molar-refractivity contribution in [2.45, 2.75) is 58.1 Å². The fraction of sp³-hybridized carbons (Fsp3) is 0.393. The van der Waals surface area contributed by atoms with E-state index >= 15 is 0 Å². The summed E-state index contributed by atoms with van der Waals surface area (Å²) in [6.07, 6.45) is 0.789. The summed E-state index contributed by atoms with van der Waals surface area (Å²) in [7, 11) is 0. The van der Waals surface area contributed by atoms with Crippen molar-refractivity contribution in [2.24, 2.45) is 0 Å². The first-order valence-electron chi connectivity index (χ1n) is 12.3. The lowest BCUT2D eigenvalue weighted by molar-refractivity contribution is -0.0803. The molecular weight excluding hydrogens is 474 g/mol. The summed E-state index contributed by atoms with van der Waals surface area (Å²) < 4.78 is 26.2. The molecule has 9 nitrogen and oxygen atoms in total. The van der Waals surface area contributed by atoms with E-state index in [1.807, 2.05) is 60.7 Å². The van der Waals surface area contributed by atoms with E-state index in [-0.39, 0.29) is 39.1 Å². The van der Waals surface area contributed by atoms with Crippen molar-refractivity contribution in [1.82, 2.24) is 9.13 Å². The molecule has 0 aliphatic carbocycles. The highest BCUT2D eigenvalue weighted by molar-refractivity contribution is 5.14. The Bertz CT molecular complexity index is 1300. The lowest BCUT2D eigenvalue weighted by atomic mass is 10.1. The maximum absolute atomic E-state index is 13.3. The molecule has 1 aliphatic heterocycles. The maximum Gasteiger partial charge on any atom is 0.335 e. The lowest BCUT2D eigenvalue weighted by Crippen LogP contribution is -2.42. The Morgan fingerprint density at radius 1 is 1.00 bits per heavy atom. The van der Waals surface area contributed by atoms with Crippen molar-refractivity contribution in [3.63, 3.8) is 0 Å². The number of hydrogen-bond acceptors (Lipinski definition) is 7. The second-order valence-corrected chi connectivity index (χ2v) is 8.88. The molecule has 0 radical (unpaired) electrons. The van der Waals surface area contributed by atoms with Crippen LogP contribution in [-0.2, 0) is 38.9 Å². The summed E-state index contributed by atoms with van der Waals surface area (Å²) in [6, 6.07) is 21.4. The van der Waals surface area contributed by atoms with E-state index in [0.29, 0.717) is 18.6 Å². The van der Waals surface area contributed by atoms with Crippen LogP contribution in [0, 0.1) is 18.3 Å². The fourth-order valence-corrected chi connectivity index (χ4v) is 4.20. The number of hydrogen-bond donors (Lipinski definition) is 0. The van der Waals surface area contributed by atoms with Gasteiger partial charge in [-0.2, -0.15) is 5.26 Å². The zero-order valence-electron chi connectivity index (χ0n) is 20.8. The minimum Gasteiger partial charge on any atom is -0.378 e. The second-order valence-electron chi connectivity index (χ2n) is 8.88. The van der Waals surface area contributed by atoms with Crippen molar-refractivity contribution < 1.29 is 18.9 Å². The van der Waals surface area contributed by atoms with Crippen molar-refractivity contribution in [1.29, 1.82) is 5.26 Å². The van der Waals surface area contributed by atoms with Gasteiger partial charge in [0.2, 0.25) is 0 Å². The van der Waals surface area contributed by atoms with Crippen LogP contribution in [0.2, 0.25) is 0 Å². The topological polar surface area (TPSA) is 105 Å². The molecule has 0 bridgehead atoms. The minimum absolute atomic E-state index is 0.171. The van der Waals surface area contributed by atoms with E-state index < -0.39 is 23.6 Å². The predicted molar refractivity (Wildman–Crippen MR) is 136 cm³/mol. The number of nitriles is 1. The highest BCUT2D eigenvalue weighted by Crippen LogP contribution is 2.31. The highest BCUT2D eigenvalue weighted by atomic mass is 16.6. The molecule has 1 aromatic heterocycles. The molecule has 2 heterocycles. The molecular formula is C28H31N3O6. The number of nitrogens with zero attached hydrogens (tertiary/aromatic N) is 3. The number of benzene rings is 2. The third kappa shape index (κ3) is 7.02. The van der Waals surface area contributed by atoms with Crippen molar-refractivity contribution in [2.75, 3.05) is 13.2 Å². The third-order valence-corrected chi connectivity index (χ3v) is 6.14. The van der Waals surface area contributed by atoms with Crippen LogP contribution < -0.4 is 11.2 Å². The van der Waals surface area contributed by atoms with Gasteiger partial charge in [0.1, 0.15) is 19.1 Å². The molecule has 0 N–H and O–H groups in total. The van der Waals surface area contributed by atoms with Gasteiger partial charge >= 0.3 is 5.69 Å². The molecule has 0 saturated carbocycles. The normalized spacial score (nSPS) is 19.1. The molecule has 4 rings (SSSR count). The molecule has 37 heavy (non-hydrogen) atoms. The zero-order valence-corrected chi connectivity index (χ0v) is 20.8. The molecule has 1 aliphatic rings. The van der Waals surface area contributed by atoms with Crippen LogP contribution >= 0.6 is 0 Å². The van der Waals surface area contributed by atoms with Gasteiger partial charge in [-0.25, -0.2) is 9.36 Å². The molecule has 0 spiro atoms. The van der Waals surface area contributed by atoms with Gasteiger partial charge < -0.3 is 18.9 Å². The first kappa shape index (κ1) is 26.5. The third-order valence-electron chi connectivity index (χ3n) is 6.14. The molecule has 2 aromatic carbocycles. The molecule has 0 unspecified atom stereocenters. The molecule has 9 heteroatoms.